The highest BCUT2D eigenvalue weighted by Gasteiger charge is 2.81. The van der Waals surface area contributed by atoms with Gasteiger partial charge in [0, 0.05) is 17.8 Å². The minimum absolute atomic E-state index is 0.169. The number of aliphatic hydroxyl groups is 3. The minimum atomic E-state index is -2.23. The van der Waals surface area contributed by atoms with Crippen molar-refractivity contribution in [3.05, 3.63) is 12.7 Å². The summed E-state index contributed by atoms with van der Waals surface area (Å²) in [4.78, 5) is 25.2. The molecule has 1 saturated heterocycles. The molecule has 29 heavy (non-hydrogen) atoms. The fourth-order valence-electron chi connectivity index (χ4n) is 6.62. The van der Waals surface area contributed by atoms with Crippen molar-refractivity contribution in [2.45, 2.75) is 89.0 Å². The molecule has 0 aromatic heterocycles. The minimum Gasteiger partial charge on any atom is -0.446 e. The Hall–Kier alpha value is -1.48. The van der Waals surface area contributed by atoms with E-state index in [0.717, 1.165) is 0 Å². The summed E-state index contributed by atoms with van der Waals surface area (Å²) in [7, 11) is 0. The molecule has 0 aromatic rings. The van der Waals surface area contributed by atoms with Crippen molar-refractivity contribution >= 4 is 11.9 Å². The second-order valence-corrected chi connectivity index (χ2v) is 10.2. The maximum Gasteiger partial charge on any atom is 0.404 e. The van der Waals surface area contributed by atoms with Gasteiger partial charge in [0.1, 0.15) is 17.8 Å². The summed E-state index contributed by atoms with van der Waals surface area (Å²) < 4.78 is 11.5. The first-order chi connectivity index (χ1) is 13.1. The predicted octanol–water partition coefficient (Wildman–Crippen LogP) is 1.05. The lowest BCUT2D eigenvalue weighted by atomic mass is 9.40. The van der Waals surface area contributed by atoms with Crippen LogP contribution >= 0.6 is 0 Å². The molecule has 1 heterocycles. The number of rotatable bonds is 2. The van der Waals surface area contributed by atoms with Crippen LogP contribution in [0.5, 0.6) is 0 Å². The van der Waals surface area contributed by atoms with E-state index in [1.807, 2.05) is 13.8 Å². The second kappa shape index (κ2) is 6.26. The number of ether oxygens (including phenoxy) is 2. The van der Waals surface area contributed by atoms with Crippen LogP contribution in [0, 0.1) is 16.7 Å². The van der Waals surface area contributed by atoms with Crippen LogP contribution in [-0.4, -0.2) is 62.3 Å². The van der Waals surface area contributed by atoms with Gasteiger partial charge in [0.25, 0.3) is 0 Å². The number of carbonyl (C=O) groups excluding carboxylic acids is 2. The topological polar surface area (TPSA) is 139 Å². The third-order valence-corrected chi connectivity index (χ3v) is 7.99. The van der Waals surface area contributed by atoms with Gasteiger partial charge in [-0.3, -0.25) is 4.79 Å². The van der Waals surface area contributed by atoms with E-state index in [1.165, 1.54) is 13.0 Å². The van der Waals surface area contributed by atoms with Gasteiger partial charge in [0.15, 0.2) is 11.4 Å². The molecule has 5 N–H and O–H groups in total. The highest BCUT2D eigenvalue weighted by Crippen LogP contribution is 2.67. The van der Waals surface area contributed by atoms with E-state index in [1.54, 1.807) is 13.8 Å². The van der Waals surface area contributed by atoms with E-state index < -0.39 is 63.7 Å². The molecule has 1 aliphatic heterocycles. The summed E-state index contributed by atoms with van der Waals surface area (Å²) in [5, 5.41) is 34.5. The molecule has 8 nitrogen and oxygen atoms in total. The molecule has 0 bridgehead atoms. The lowest BCUT2D eigenvalue weighted by molar-refractivity contribution is -0.369. The average Bonchev–Trinajstić information content (AvgIpc) is 2.59. The zero-order valence-corrected chi connectivity index (χ0v) is 17.8. The van der Waals surface area contributed by atoms with Crippen molar-refractivity contribution in [2.24, 2.45) is 22.5 Å². The Balaban J connectivity index is 2.30. The number of hydrogen-bond acceptors (Lipinski definition) is 7. The molecular weight excluding hydrogens is 378 g/mol. The quantitative estimate of drug-likeness (QED) is 0.498. The lowest BCUT2D eigenvalue weighted by Gasteiger charge is -2.71. The number of ketones is 1. The molecule has 3 aliphatic rings. The van der Waals surface area contributed by atoms with Gasteiger partial charge >= 0.3 is 6.09 Å². The number of aliphatic hydroxyl groups excluding tert-OH is 2. The fourth-order valence-corrected chi connectivity index (χ4v) is 6.62. The largest absolute Gasteiger partial charge is 0.446 e. The Kier molecular flexibility index (Phi) is 4.80. The van der Waals surface area contributed by atoms with Gasteiger partial charge < -0.3 is 30.5 Å². The molecule has 8 atom stereocenters. The summed E-state index contributed by atoms with van der Waals surface area (Å²) >= 11 is 0. The van der Waals surface area contributed by atoms with Crippen molar-refractivity contribution in [1.29, 1.82) is 0 Å². The van der Waals surface area contributed by atoms with Crippen LogP contribution in [0.4, 0.5) is 4.79 Å². The Morgan fingerprint density at radius 2 is 1.86 bits per heavy atom. The molecule has 164 valence electrons. The van der Waals surface area contributed by atoms with Gasteiger partial charge in [-0.05, 0) is 32.1 Å². The number of carbonyl (C=O) groups is 2. The number of fused-ring (bicyclic) bond motifs is 3. The molecule has 3 fully saturated rings. The summed E-state index contributed by atoms with van der Waals surface area (Å²) in [6.45, 7) is 12.2. The van der Waals surface area contributed by atoms with E-state index in [2.05, 4.69) is 6.58 Å². The number of amides is 1. The normalized spacial score (nSPS) is 51.5. The molecular formula is C21H33NO7. The first-order valence-electron chi connectivity index (χ1n) is 10.0. The van der Waals surface area contributed by atoms with Crippen LogP contribution in [-0.2, 0) is 14.3 Å². The summed E-state index contributed by atoms with van der Waals surface area (Å²) in [6.07, 6.45) is -2.69. The van der Waals surface area contributed by atoms with Crippen LogP contribution in [0.1, 0.15) is 53.9 Å². The van der Waals surface area contributed by atoms with Crippen molar-refractivity contribution in [3.8, 4) is 0 Å². The smallest absolute Gasteiger partial charge is 0.404 e. The van der Waals surface area contributed by atoms with E-state index in [9.17, 15) is 24.9 Å². The number of Topliss-reactive ketones (excluding diaryl/α,β-unsaturated/α-hetero) is 1. The van der Waals surface area contributed by atoms with E-state index in [-0.39, 0.29) is 6.42 Å². The fraction of sp³-hybridized carbons (Fsp3) is 0.810. The standard InChI is InChI=1S/C21H33NO7/c1-7-18(4)10-11(23)21(27)19(5)12(28-16(22)26)8-9-17(2,3)14(19)13(24)15(25)20(21,6)29-18/h7,12-15,24-25,27H,1,8-10H2,2-6H3,(H2,22,26)/t12-,13-,14-,15-,18-,19-,20+,21+/m0/s1. The molecule has 2 saturated carbocycles. The van der Waals surface area contributed by atoms with E-state index in [4.69, 9.17) is 15.2 Å². The highest BCUT2D eigenvalue weighted by atomic mass is 16.6. The lowest BCUT2D eigenvalue weighted by Crippen LogP contribution is -2.86. The molecule has 8 heteroatoms. The first-order valence-corrected chi connectivity index (χ1v) is 10.0. The Morgan fingerprint density at radius 3 is 2.38 bits per heavy atom. The van der Waals surface area contributed by atoms with Gasteiger partial charge in [-0.25, -0.2) is 4.79 Å². The van der Waals surface area contributed by atoms with Crippen LogP contribution in [0.2, 0.25) is 0 Å². The summed E-state index contributed by atoms with van der Waals surface area (Å²) in [6, 6.07) is 0. The van der Waals surface area contributed by atoms with Crippen LogP contribution in [0.3, 0.4) is 0 Å². The molecule has 0 radical (unpaired) electrons. The predicted molar refractivity (Wildman–Crippen MR) is 104 cm³/mol. The van der Waals surface area contributed by atoms with Crippen molar-refractivity contribution < 1.29 is 34.4 Å². The maximum atomic E-state index is 13.5. The highest BCUT2D eigenvalue weighted by molar-refractivity contribution is 5.92. The van der Waals surface area contributed by atoms with Crippen LogP contribution < -0.4 is 5.73 Å². The van der Waals surface area contributed by atoms with Crippen molar-refractivity contribution in [1.82, 2.24) is 0 Å². The van der Waals surface area contributed by atoms with Crippen molar-refractivity contribution in [2.75, 3.05) is 0 Å². The van der Waals surface area contributed by atoms with Crippen molar-refractivity contribution in [3.63, 3.8) is 0 Å². The van der Waals surface area contributed by atoms with Gasteiger partial charge in [-0.2, -0.15) is 0 Å². The summed E-state index contributed by atoms with van der Waals surface area (Å²) in [5.41, 5.74) is -1.94. The van der Waals surface area contributed by atoms with Crippen LogP contribution in [0.25, 0.3) is 0 Å². The molecule has 1 amide bonds. The number of primary amides is 1. The number of hydrogen-bond donors (Lipinski definition) is 4. The van der Waals surface area contributed by atoms with Gasteiger partial charge in [-0.1, -0.05) is 26.8 Å². The molecule has 0 spiro atoms. The van der Waals surface area contributed by atoms with Gasteiger partial charge in [0.2, 0.25) is 0 Å². The zero-order chi connectivity index (χ0) is 22.2. The monoisotopic (exact) mass is 411 g/mol. The average molecular weight is 411 g/mol. The summed E-state index contributed by atoms with van der Waals surface area (Å²) in [5.74, 6) is -1.32. The molecule has 0 aromatic carbocycles. The second-order valence-electron chi connectivity index (χ2n) is 10.2. The molecule has 0 unspecified atom stereocenters. The van der Waals surface area contributed by atoms with Gasteiger partial charge in [-0.15, -0.1) is 6.58 Å². The first kappa shape index (κ1) is 22.2. The van der Waals surface area contributed by atoms with E-state index in [0.29, 0.717) is 12.8 Å². The Labute approximate surface area is 171 Å². The zero-order valence-electron chi connectivity index (χ0n) is 17.8. The Bertz CT molecular complexity index is 753. The third kappa shape index (κ3) is 2.59. The molecule has 3 rings (SSSR count). The number of nitrogens with two attached hydrogens (primary N) is 1. The maximum absolute atomic E-state index is 13.5. The van der Waals surface area contributed by atoms with Gasteiger partial charge in [0.05, 0.1) is 11.7 Å². The Morgan fingerprint density at radius 1 is 1.28 bits per heavy atom. The SMILES string of the molecule is C=C[C@@]1(C)CC(=O)[C@@]2(O)[C@@]3(C)[C@@H](OC(N)=O)CCC(C)(C)[C@@H]3[C@H](O)[C@H](O)[C@@]2(C)O1. The van der Waals surface area contributed by atoms with Crippen LogP contribution in [0.15, 0.2) is 12.7 Å². The third-order valence-electron chi connectivity index (χ3n) is 7.99. The molecule has 2 aliphatic carbocycles. The van der Waals surface area contributed by atoms with E-state index >= 15 is 0 Å².